The second-order valence-electron chi connectivity index (χ2n) is 3.85. The van der Waals surface area contributed by atoms with Gasteiger partial charge in [0, 0.05) is 32.8 Å². The predicted octanol–water partition coefficient (Wildman–Crippen LogP) is 0.581. The lowest BCUT2D eigenvalue weighted by Crippen LogP contribution is -2.30. The van der Waals surface area contributed by atoms with E-state index in [0.717, 1.165) is 0 Å². The average Bonchev–Trinajstić information content (AvgIpc) is 2.38. The molecule has 0 saturated carbocycles. The highest BCUT2D eigenvalue weighted by Crippen LogP contribution is 2.21. The summed E-state index contributed by atoms with van der Waals surface area (Å²) in [4.78, 5) is 15.1. The first-order chi connectivity index (χ1) is 9.40. The van der Waals surface area contributed by atoms with Crippen molar-refractivity contribution in [3.05, 3.63) is 17.3 Å². The molecule has 0 aliphatic carbocycles. The fourth-order valence-electron chi connectivity index (χ4n) is 1.42. The Bertz CT molecular complexity index is 577. The first kappa shape index (κ1) is 16.7. The summed E-state index contributed by atoms with van der Waals surface area (Å²) in [5, 5.41) is 5.52. The number of carbonyl (C=O) groups excluding carboxylic acids is 1. The molecule has 0 bridgehead atoms. The number of halogens is 1. The van der Waals surface area contributed by atoms with E-state index in [0.29, 0.717) is 12.4 Å². The molecule has 0 aromatic carbocycles. The molecule has 112 valence electrons. The van der Waals surface area contributed by atoms with Gasteiger partial charge in [-0.2, -0.15) is 0 Å². The van der Waals surface area contributed by atoms with E-state index >= 15 is 0 Å². The summed E-state index contributed by atoms with van der Waals surface area (Å²) in [7, 11) is -2.09. The van der Waals surface area contributed by atoms with Gasteiger partial charge in [0.05, 0.1) is 5.02 Å². The highest BCUT2D eigenvalue weighted by atomic mass is 35.5. The van der Waals surface area contributed by atoms with Gasteiger partial charge in [0.25, 0.3) is 0 Å². The van der Waals surface area contributed by atoms with Crippen molar-refractivity contribution in [1.29, 1.82) is 0 Å². The van der Waals surface area contributed by atoms with Gasteiger partial charge in [0.15, 0.2) is 0 Å². The van der Waals surface area contributed by atoms with Crippen molar-refractivity contribution in [2.45, 2.75) is 18.2 Å². The number of hydrogen-bond acceptors (Lipinski definition) is 5. The highest BCUT2D eigenvalue weighted by molar-refractivity contribution is 7.89. The van der Waals surface area contributed by atoms with E-state index in [1.54, 1.807) is 14.0 Å². The summed E-state index contributed by atoms with van der Waals surface area (Å²) in [5.41, 5.74) is 0. The number of hydrogen-bond donors (Lipinski definition) is 3. The zero-order valence-corrected chi connectivity index (χ0v) is 12.8. The first-order valence-electron chi connectivity index (χ1n) is 6.00. The first-order valence-corrected chi connectivity index (χ1v) is 7.86. The topological polar surface area (TPSA) is 100 Å². The van der Waals surface area contributed by atoms with E-state index in [4.69, 9.17) is 11.6 Å². The number of aromatic nitrogens is 1. The van der Waals surface area contributed by atoms with Gasteiger partial charge in [0.1, 0.15) is 10.7 Å². The number of carbonyl (C=O) groups is 1. The summed E-state index contributed by atoms with van der Waals surface area (Å²) in [6.45, 7) is 2.31. The fourth-order valence-corrected chi connectivity index (χ4v) is 2.75. The molecule has 1 aromatic rings. The van der Waals surface area contributed by atoms with Crippen LogP contribution in [0.4, 0.5) is 5.82 Å². The smallest absolute Gasteiger partial charge is 0.242 e. The number of pyridine rings is 1. The summed E-state index contributed by atoms with van der Waals surface area (Å²) in [6, 6.07) is 1.30. The largest absolute Gasteiger partial charge is 0.372 e. The average molecular weight is 321 g/mol. The van der Waals surface area contributed by atoms with Crippen LogP contribution in [0, 0.1) is 0 Å². The van der Waals surface area contributed by atoms with Gasteiger partial charge >= 0.3 is 0 Å². The minimum Gasteiger partial charge on any atom is -0.372 e. The number of nitrogens with zero attached hydrogens (tertiary/aromatic N) is 1. The molecule has 7 nitrogen and oxygen atoms in total. The molecule has 1 amide bonds. The van der Waals surface area contributed by atoms with Crippen LogP contribution in [0.2, 0.25) is 5.02 Å². The van der Waals surface area contributed by atoms with Gasteiger partial charge < -0.3 is 10.6 Å². The third kappa shape index (κ3) is 4.62. The van der Waals surface area contributed by atoms with Gasteiger partial charge in [-0.15, -0.1) is 0 Å². The summed E-state index contributed by atoms with van der Waals surface area (Å²) in [5.74, 6) is 0.185. The third-order valence-corrected chi connectivity index (χ3v) is 4.10. The van der Waals surface area contributed by atoms with Crippen molar-refractivity contribution >= 4 is 33.3 Å². The third-order valence-electron chi connectivity index (χ3n) is 2.38. The van der Waals surface area contributed by atoms with Crippen LogP contribution in [0.3, 0.4) is 0 Å². The minimum atomic E-state index is -3.72. The van der Waals surface area contributed by atoms with Crippen molar-refractivity contribution in [2.75, 3.05) is 25.5 Å². The molecule has 0 radical (unpaired) electrons. The van der Waals surface area contributed by atoms with Crippen LogP contribution in [-0.4, -0.2) is 39.4 Å². The van der Waals surface area contributed by atoms with Gasteiger partial charge in [-0.25, -0.2) is 18.1 Å². The van der Waals surface area contributed by atoms with Gasteiger partial charge in [0.2, 0.25) is 15.9 Å². The summed E-state index contributed by atoms with van der Waals surface area (Å²) in [6.07, 6.45) is 1.27. The van der Waals surface area contributed by atoms with Crippen molar-refractivity contribution in [2.24, 2.45) is 0 Å². The molecule has 0 fully saturated rings. The Morgan fingerprint density at radius 2 is 2.15 bits per heavy atom. The Kier molecular flexibility index (Phi) is 6.18. The summed E-state index contributed by atoms with van der Waals surface area (Å²) >= 11 is 5.88. The predicted molar refractivity (Wildman–Crippen MR) is 77.3 cm³/mol. The standard InChI is InChI=1S/C11H17ClN4O3S/c1-3-14-10(17)4-5-16-20(18,19)8-6-9(12)11(13-2)15-7-8/h6-7,16H,3-5H2,1-2H3,(H,13,15)(H,14,17). The number of anilines is 1. The molecule has 0 spiro atoms. The normalized spacial score (nSPS) is 11.2. The lowest BCUT2D eigenvalue weighted by molar-refractivity contribution is -0.120. The van der Waals surface area contributed by atoms with Gasteiger partial charge in [-0.05, 0) is 13.0 Å². The Morgan fingerprint density at radius 1 is 1.45 bits per heavy atom. The van der Waals surface area contributed by atoms with Crippen LogP contribution in [0.1, 0.15) is 13.3 Å². The van der Waals surface area contributed by atoms with E-state index in [-0.39, 0.29) is 28.8 Å². The lowest BCUT2D eigenvalue weighted by atomic mass is 10.4. The van der Waals surface area contributed by atoms with Crippen molar-refractivity contribution in [3.63, 3.8) is 0 Å². The van der Waals surface area contributed by atoms with Crippen LogP contribution in [0.25, 0.3) is 0 Å². The molecule has 1 heterocycles. The van der Waals surface area contributed by atoms with E-state index in [9.17, 15) is 13.2 Å². The molecule has 0 aliphatic heterocycles. The molecule has 0 aliphatic rings. The molecule has 20 heavy (non-hydrogen) atoms. The molecule has 0 atom stereocenters. The van der Waals surface area contributed by atoms with E-state index in [1.165, 1.54) is 12.3 Å². The summed E-state index contributed by atoms with van der Waals surface area (Å²) < 4.78 is 26.2. The fraction of sp³-hybridized carbons (Fsp3) is 0.455. The Hall–Kier alpha value is -1.38. The van der Waals surface area contributed by atoms with Gasteiger partial charge in [-0.1, -0.05) is 11.6 Å². The number of nitrogens with one attached hydrogen (secondary N) is 3. The van der Waals surface area contributed by atoms with Crippen LogP contribution in [0.15, 0.2) is 17.2 Å². The van der Waals surface area contributed by atoms with E-state index in [1.807, 2.05) is 0 Å². The van der Waals surface area contributed by atoms with Crippen molar-refractivity contribution in [1.82, 2.24) is 15.0 Å². The zero-order chi connectivity index (χ0) is 15.2. The highest BCUT2D eigenvalue weighted by Gasteiger charge is 2.16. The molecule has 9 heteroatoms. The quantitative estimate of drug-likeness (QED) is 0.682. The number of rotatable bonds is 7. The van der Waals surface area contributed by atoms with E-state index in [2.05, 4.69) is 20.3 Å². The SMILES string of the molecule is CCNC(=O)CCNS(=O)(=O)c1cnc(NC)c(Cl)c1. The molecule has 1 rings (SSSR count). The van der Waals surface area contributed by atoms with Gasteiger partial charge in [-0.3, -0.25) is 4.79 Å². The zero-order valence-electron chi connectivity index (χ0n) is 11.2. The molecule has 0 saturated heterocycles. The molecule has 0 unspecified atom stereocenters. The lowest BCUT2D eigenvalue weighted by Gasteiger charge is -2.08. The van der Waals surface area contributed by atoms with Crippen molar-refractivity contribution < 1.29 is 13.2 Å². The number of amides is 1. The Labute approximate surface area is 123 Å². The maximum absolute atomic E-state index is 12.0. The monoisotopic (exact) mass is 320 g/mol. The molecule has 3 N–H and O–H groups in total. The van der Waals surface area contributed by atoms with Crippen LogP contribution in [0.5, 0.6) is 0 Å². The number of sulfonamides is 1. The van der Waals surface area contributed by atoms with Crippen LogP contribution < -0.4 is 15.4 Å². The Balaban J connectivity index is 2.69. The van der Waals surface area contributed by atoms with Crippen LogP contribution >= 0.6 is 11.6 Å². The minimum absolute atomic E-state index is 0.0135. The maximum Gasteiger partial charge on any atom is 0.242 e. The molecular weight excluding hydrogens is 304 g/mol. The van der Waals surface area contributed by atoms with Crippen LogP contribution in [-0.2, 0) is 14.8 Å². The second-order valence-corrected chi connectivity index (χ2v) is 6.03. The maximum atomic E-state index is 12.0. The second kappa shape index (κ2) is 7.41. The van der Waals surface area contributed by atoms with E-state index < -0.39 is 10.0 Å². The Morgan fingerprint density at radius 3 is 2.70 bits per heavy atom. The molecular formula is C11H17ClN4O3S. The van der Waals surface area contributed by atoms with Crippen molar-refractivity contribution in [3.8, 4) is 0 Å². The molecule has 1 aromatic heterocycles.